The molecule has 1 heterocycles. The van der Waals surface area contributed by atoms with E-state index in [-0.39, 0.29) is 0 Å². The Hall–Kier alpha value is -0.280. The molecule has 0 amide bonds. The summed E-state index contributed by atoms with van der Waals surface area (Å²) in [6.45, 7) is 0. The van der Waals surface area contributed by atoms with E-state index in [1.54, 1.807) is 7.11 Å². The molecular formula is C11H13OS2. The van der Waals surface area contributed by atoms with Crippen molar-refractivity contribution in [3.8, 4) is 5.75 Å². The lowest BCUT2D eigenvalue weighted by molar-refractivity contribution is 0.414. The first-order valence-corrected chi connectivity index (χ1v) is 6.75. The minimum Gasteiger partial charge on any atom is -0.497 e. The second kappa shape index (κ2) is 4.99. The quantitative estimate of drug-likeness (QED) is 0.765. The summed E-state index contributed by atoms with van der Waals surface area (Å²) < 4.78 is 5.14. The minimum atomic E-state index is 0.933. The molecule has 0 spiro atoms. The number of methoxy groups -OCH3 is 1. The summed E-state index contributed by atoms with van der Waals surface area (Å²) in [5.41, 5.74) is 1.35. The van der Waals surface area contributed by atoms with Gasteiger partial charge in [0.2, 0.25) is 0 Å². The number of benzene rings is 1. The van der Waals surface area contributed by atoms with Gasteiger partial charge in [-0.15, -0.1) is 11.8 Å². The molecule has 0 bridgehead atoms. The largest absolute Gasteiger partial charge is 0.497 e. The normalized spacial score (nSPS) is 18.1. The second-order valence-electron chi connectivity index (χ2n) is 3.05. The van der Waals surface area contributed by atoms with E-state index >= 15 is 0 Å². The Labute approximate surface area is 93.6 Å². The molecule has 2 rings (SSSR count). The molecule has 1 saturated heterocycles. The van der Waals surface area contributed by atoms with Crippen molar-refractivity contribution in [3.05, 3.63) is 35.1 Å². The highest BCUT2D eigenvalue weighted by molar-refractivity contribution is 8.08. The molecule has 1 aromatic carbocycles. The first kappa shape index (κ1) is 10.2. The first-order chi connectivity index (χ1) is 6.90. The fraction of sp³-hybridized carbons (Fsp3) is 0.364. The number of ether oxygens (including phenoxy) is 1. The third-order valence-corrected chi connectivity index (χ3v) is 4.71. The van der Waals surface area contributed by atoms with Crippen LogP contribution >= 0.6 is 23.5 Å². The Kier molecular flexibility index (Phi) is 3.65. The van der Waals surface area contributed by atoms with Crippen LogP contribution in [-0.4, -0.2) is 24.4 Å². The van der Waals surface area contributed by atoms with E-state index in [1.165, 1.54) is 22.3 Å². The number of rotatable bonds is 2. The van der Waals surface area contributed by atoms with E-state index < -0.39 is 0 Å². The molecule has 0 aliphatic carbocycles. The molecule has 1 aliphatic rings. The van der Waals surface area contributed by atoms with Gasteiger partial charge in [0.05, 0.1) is 12.4 Å². The molecule has 1 nitrogen and oxygen atoms in total. The van der Waals surface area contributed by atoms with Crippen molar-refractivity contribution in [2.45, 2.75) is 0 Å². The third kappa shape index (κ3) is 2.39. The summed E-state index contributed by atoms with van der Waals surface area (Å²) in [4.78, 5) is 0. The molecule has 0 N–H and O–H groups in total. The van der Waals surface area contributed by atoms with Crippen molar-refractivity contribution in [1.29, 1.82) is 0 Å². The summed E-state index contributed by atoms with van der Waals surface area (Å²) in [6.07, 6.45) is 0. The van der Waals surface area contributed by atoms with Crippen LogP contribution in [0.5, 0.6) is 5.75 Å². The fourth-order valence-electron chi connectivity index (χ4n) is 1.37. The monoisotopic (exact) mass is 225 g/mol. The van der Waals surface area contributed by atoms with Crippen molar-refractivity contribution >= 4 is 23.5 Å². The van der Waals surface area contributed by atoms with Crippen molar-refractivity contribution in [2.24, 2.45) is 0 Å². The zero-order valence-electron chi connectivity index (χ0n) is 8.16. The summed E-state index contributed by atoms with van der Waals surface area (Å²) in [5.74, 6) is 4.62. The van der Waals surface area contributed by atoms with E-state index in [9.17, 15) is 0 Å². The Balaban J connectivity index is 2.07. The topological polar surface area (TPSA) is 9.23 Å². The highest BCUT2D eigenvalue weighted by Gasteiger charge is 2.16. The second-order valence-corrected chi connectivity index (χ2v) is 5.35. The molecule has 0 aromatic heterocycles. The van der Waals surface area contributed by atoms with Crippen molar-refractivity contribution in [2.75, 3.05) is 24.4 Å². The maximum Gasteiger partial charge on any atom is 0.118 e. The Morgan fingerprint density at radius 1 is 1.14 bits per heavy atom. The highest BCUT2D eigenvalue weighted by Crippen LogP contribution is 2.36. The molecular weight excluding hydrogens is 212 g/mol. The average molecular weight is 225 g/mol. The first-order valence-electron chi connectivity index (χ1n) is 4.61. The highest BCUT2D eigenvalue weighted by atomic mass is 32.2. The predicted octanol–water partition coefficient (Wildman–Crippen LogP) is 3.06. The SMILES string of the molecule is COc1ccc([C]2CSCCS2)cc1. The van der Waals surface area contributed by atoms with Crippen molar-refractivity contribution < 1.29 is 4.74 Å². The van der Waals surface area contributed by atoms with Crippen LogP contribution in [0.1, 0.15) is 5.56 Å². The van der Waals surface area contributed by atoms with Crippen LogP contribution in [0.2, 0.25) is 0 Å². The van der Waals surface area contributed by atoms with Gasteiger partial charge in [0.25, 0.3) is 0 Å². The van der Waals surface area contributed by atoms with Crippen molar-refractivity contribution in [3.63, 3.8) is 0 Å². The van der Waals surface area contributed by atoms with Crippen LogP contribution < -0.4 is 4.74 Å². The maximum atomic E-state index is 5.14. The van der Waals surface area contributed by atoms with Crippen LogP contribution in [-0.2, 0) is 0 Å². The molecule has 14 heavy (non-hydrogen) atoms. The van der Waals surface area contributed by atoms with Gasteiger partial charge in [-0.25, -0.2) is 0 Å². The molecule has 3 heteroatoms. The Morgan fingerprint density at radius 2 is 1.93 bits per heavy atom. The van der Waals surface area contributed by atoms with Gasteiger partial charge in [0, 0.05) is 17.3 Å². The van der Waals surface area contributed by atoms with Crippen LogP contribution in [0.3, 0.4) is 0 Å². The standard InChI is InChI=1S/C11H13OS2/c1-12-10-4-2-9(3-5-10)11-8-13-6-7-14-11/h2-5H,6-8H2,1H3. The third-order valence-electron chi connectivity index (χ3n) is 2.15. The molecule has 0 atom stereocenters. The van der Waals surface area contributed by atoms with Gasteiger partial charge >= 0.3 is 0 Å². The fourth-order valence-corrected chi connectivity index (χ4v) is 3.81. The summed E-state index contributed by atoms with van der Waals surface area (Å²) in [7, 11) is 1.70. The molecule has 1 aromatic rings. The van der Waals surface area contributed by atoms with Crippen LogP contribution in [0.25, 0.3) is 0 Å². The molecule has 0 saturated carbocycles. The zero-order chi connectivity index (χ0) is 9.80. The maximum absolute atomic E-state index is 5.14. The summed E-state index contributed by atoms with van der Waals surface area (Å²) >= 11 is 4.00. The lowest BCUT2D eigenvalue weighted by atomic mass is 10.1. The molecule has 1 radical (unpaired) electrons. The lowest BCUT2D eigenvalue weighted by Crippen LogP contribution is -2.07. The van der Waals surface area contributed by atoms with Gasteiger partial charge in [0.15, 0.2) is 0 Å². The number of thioether (sulfide) groups is 2. The molecule has 75 valence electrons. The number of hydrogen-bond donors (Lipinski definition) is 0. The molecule has 0 unspecified atom stereocenters. The van der Waals surface area contributed by atoms with Gasteiger partial charge in [-0.3, -0.25) is 0 Å². The van der Waals surface area contributed by atoms with Crippen LogP contribution in [0, 0.1) is 5.25 Å². The van der Waals surface area contributed by atoms with E-state index in [4.69, 9.17) is 4.74 Å². The predicted molar refractivity (Wildman–Crippen MR) is 65.1 cm³/mol. The summed E-state index contributed by atoms with van der Waals surface area (Å²) in [5, 5.41) is 1.50. The van der Waals surface area contributed by atoms with E-state index in [2.05, 4.69) is 12.1 Å². The van der Waals surface area contributed by atoms with Crippen molar-refractivity contribution in [1.82, 2.24) is 0 Å². The van der Waals surface area contributed by atoms with Gasteiger partial charge in [-0.05, 0) is 17.7 Å². The van der Waals surface area contributed by atoms with Gasteiger partial charge in [-0.1, -0.05) is 12.1 Å². The van der Waals surface area contributed by atoms with E-state index in [0.29, 0.717) is 0 Å². The summed E-state index contributed by atoms with van der Waals surface area (Å²) in [6, 6.07) is 8.35. The van der Waals surface area contributed by atoms with E-state index in [1.807, 2.05) is 35.7 Å². The minimum absolute atomic E-state index is 0.933. The zero-order valence-corrected chi connectivity index (χ0v) is 9.79. The average Bonchev–Trinajstić information content (AvgIpc) is 2.30. The van der Waals surface area contributed by atoms with Crippen LogP contribution in [0.15, 0.2) is 24.3 Å². The van der Waals surface area contributed by atoms with Gasteiger partial charge < -0.3 is 4.74 Å². The smallest absolute Gasteiger partial charge is 0.118 e. The Bertz CT molecular complexity index is 278. The van der Waals surface area contributed by atoms with E-state index in [0.717, 1.165) is 11.5 Å². The van der Waals surface area contributed by atoms with Gasteiger partial charge in [0.1, 0.15) is 5.75 Å². The number of hydrogen-bond acceptors (Lipinski definition) is 3. The molecule has 1 aliphatic heterocycles. The van der Waals surface area contributed by atoms with Gasteiger partial charge in [-0.2, -0.15) is 11.8 Å². The van der Waals surface area contributed by atoms with Crippen LogP contribution in [0.4, 0.5) is 0 Å². The lowest BCUT2D eigenvalue weighted by Gasteiger charge is -2.20. The molecule has 1 fully saturated rings. The Morgan fingerprint density at radius 3 is 2.50 bits per heavy atom.